The van der Waals surface area contributed by atoms with Gasteiger partial charge in [-0.05, 0) is 96.5 Å². The van der Waals surface area contributed by atoms with Crippen LogP contribution in [0.15, 0.2) is 143 Å². The summed E-state index contributed by atoms with van der Waals surface area (Å²) in [7, 11) is 4.38. The molecule has 3 aliphatic rings. The molecule has 3 nitrogen and oxygen atoms in total. The first-order valence-corrected chi connectivity index (χ1v) is 18.8. The smallest absolute Gasteiger partial charge is 0.210 e. The van der Waals surface area contributed by atoms with Crippen molar-refractivity contribution in [1.29, 1.82) is 0 Å². The van der Waals surface area contributed by atoms with Gasteiger partial charge in [0, 0.05) is 46.6 Å². The predicted molar refractivity (Wildman–Crippen MR) is 220 cm³/mol. The molecule has 2 aliphatic heterocycles. The molecule has 4 heteroatoms. The molecule has 0 atom stereocenters. The average molecular weight is 705 g/mol. The van der Waals surface area contributed by atoms with E-state index >= 15 is 0 Å². The zero-order valence-electron chi connectivity index (χ0n) is 31.6. The summed E-state index contributed by atoms with van der Waals surface area (Å²) >= 11 is 7.16. The van der Waals surface area contributed by atoms with Gasteiger partial charge in [0.15, 0.2) is 5.71 Å². The van der Waals surface area contributed by atoms with Crippen LogP contribution in [0.2, 0.25) is 0 Å². The van der Waals surface area contributed by atoms with Gasteiger partial charge in [-0.2, -0.15) is 4.58 Å². The number of hydrogen-bond donors (Lipinski definition) is 0. The summed E-state index contributed by atoms with van der Waals surface area (Å²) in [5, 5.41) is 16.4. The first-order chi connectivity index (χ1) is 24.9. The van der Waals surface area contributed by atoms with Crippen LogP contribution in [0.3, 0.4) is 0 Å². The van der Waals surface area contributed by atoms with Crippen LogP contribution in [0.1, 0.15) is 69.2 Å². The lowest BCUT2D eigenvalue weighted by atomic mass is 9.79. The zero-order chi connectivity index (χ0) is 36.8. The number of aryl methyl sites for hydroxylation is 1. The third-order valence-electron chi connectivity index (χ3n) is 11.4. The van der Waals surface area contributed by atoms with Crippen molar-refractivity contribution in [1.82, 2.24) is 0 Å². The van der Waals surface area contributed by atoms with Crippen molar-refractivity contribution in [3.8, 4) is 0 Å². The fourth-order valence-electron chi connectivity index (χ4n) is 8.64. The predicted octanol–water partition coefficient (Wildman–Crippen LogP) is 11.3. The minimum Gasteiger partial charge on any atom is -0.851 e. The number of rotatable bonds is 4. The molecule has 0 aromatic heterocycles. The number of allylic oxidation sites excluding steroid dienone is 8. The molecule has 0 N–H and O–H groups in total. The largest absolute Gasteiger partial charge is 0.851 e. The number of likely N-dealkylation sites (N-methyl/N-ethyl adjacent to an activating group) is 1. The van der Waals surface area contributed by atoms with Gasteiger partial charge in [0.1, 0.15) is 7.05 Å². The molecule has 0 saturated heterocycles. The van der Waals surface area contributed by atoms with Gasteiger partial charge < -0.3 is 10.0 Å². The monoisotopic (exact) mass is 704 g/mol. The number of fused-ring (bicyclic) bond motifs is 6. The fraction of sp³-hybridized carbons (Fsp3) is 0.271. The summed E-state index contributed by atoms with van der Waals surface area (Å²) < 4.78 is 2.36. The van der Waals surface area contributed by atoms with E-state index in [2.05, 4.69) is 148 Å². The maximum Gasteiger partial charge on any atom is 0.210 e. The Bertz CT molecular complexity index is 2350. The minimum absolute atomic E-state index is 0.107. The standard InChI is InChI=1S/C40H40ClN2.C8H9O/c1-39(2)34(42(5)32-22-18-26-12-7-9-16-30(26)36(32)39)24-20-28-14-11-15-29(38(28)41)21-25-35-40(3,4)37-31-17-10-8-13-27(31)19-23-33(37)43(35)6;1-7-2-4-8(6-9)5-3-7/h7-10,12-13,16-25H,11,14-15H2,1-6H3;2-5H,6H2,1H3/q+1;-1. The van der Waals surface area contributed by atoms with Crippen LogP contribution in [0.5, 0.6) is 0 Å². The van der Waals surface area contributed by atoms with Gasteiger partial charge in [-0.25, -0.2) is 0 Å². The molecule has 0 amide bonds. The summed E-state index contributed by atoms with van der Waals surface area (Å²) in [6, 6.07) is 34.1. The van der Waals surface area contributed by atoms with Gasteiger partial charge in [0.05, 0.1) is 5.41 Å². The Morgan fingerprint density at radius 3 is 2.06 bits per heavy atom. The molecule has 52 heavy (non-hydrogen) atoms. The molecule has 0 radical (unpaired) electrons. The number of hydrogen-bond acceptors (Lipinski definition) is 2. The molecule has 5 aromatic carbocycles. The Morgan fingerprint density at radius 2 is 1.38 bits per heavy atom. The lowest BCUT2D eigenvalue weighted by Gasteiger charge is -2.25. The molecule has 8 rings (SSSR count). The topological polar surface area (TPSA) is 29.3 Å². The van der Waals surface area contributed by atoms with Crippen LogP contribution in [0.4, 0.5) is 11.4 Å². The molecule has 0 spiro atoms. The Kier molecular flexibility index (Phi) is 9.63. The van der Waals surface area contributed by atoms with Crippen LogP contribution in [-0.2, 0) is 17.4 Å². The van der Waals surface area contributed by atoms with E-state index in [1.807, 2.05) is 31.2 Å². The van der Waals surface area contributed by atoms with Crippen molar-refractivity contribution in [2.24, 2.45) is 0 Å². The van der Waals surface area contributed by atoms with Crippen molar-refractivity contribution in [3.05, 3.63) is 165 Å². The molecule has 2 heterocycles. The molecule has 264 valence electrons. The maximum atomic E-state index is 10.2. The fourth-order valence-corrected chi connectivity index (χ4v) is 8.95. The second-order valence-corrected chi connectivity index (χ2v) is 15.9. The van der Waals surface area contributed by atoms with E-state index in [1.165, 1.54) is 72.2 Å². The van der Waals surface area contributed by atoms with E-state index in [-0.39, 0.29) is 17.4 Å². The van der Waals surface area contributed by atoms with E-state index < -0.39 is 0 Å². The summed E-state index contributed by atoms with van der Waals surface area (Å²) in [6.45, 7) is 11.3. The van der Waals surface area contributed by atoms with Crippen molar-refractivity contribution in [3.63, 3.8) is 0 Å². The zero-order valence-corrected chi connectivity index (χ0v) is 32.3. The van der Waals surface area contributed by atoms with Crippen LogP contribution < -0.4 is 10.0 Å². The van der Waals surface area contributed by atoms with Crippen LogP contribution in [-0.4, -0.2) is 24.4 Å². The van der Waals surface area contributed by atoms with E-state index in [1.54, 1.807) is 0 Å². The number of benzene rings is 5. The SMILES string of the molecule is CN1/C(=C/C=C2CCCC(/C=C/C3=[N+](C)c4ccc5ccccc5c4C3(C)C)=C2Cl)C(C)(C)c2c1ccc1ccccc21.Cc1ccc(C[O-])cc1. The normalized spacial score (nSPS) is 19.2. The highest BCUT2D eigenvalue weighted by molar-refractivity contribution is 6.32. The lowest BCUT2D eigenvalue weighted by Crippen LogP contribution is -2.27. The lowest BCUT2D eigenvalue weighted by molar-refractivity contribution is -0.401. The van der Waals surface area contributed by atoms with Gasteiger partial charge in [-0.15, -0.1) is 6.61 Å². The third-order valence-corrected chi connectivity index (χ3v) is 11.9. The summed E-state index contributed by atoms with van der Waals surface area (Å²) in [5.41, 5.74) is 12.3. The van der Waals surface area contributed by atoms with Crippen molar-refractivity contribution >= 4 is 50.2 Å². The number of nitrogens with zero attached hydrogens (tertiary/aromatic N) is 2. The second kappa shape index (κ2) is 14.0. The van der Waals surface area contributed by atoms with E-state index in [0.29, 0.717) is 0 Å². The Morgan fingerprint density at radius 1 is 0.750 bits per heavy atom. The van der Waals surface area contributed by atoms with Crippen molar-refractivity contribution < 1.29 is 9.68 Å². The van der Waals surface area contributed by atoms with Crippen LogP contribution in [0.25, 0.3) is 21.5 Å². The summed E-state index contributed by atoms with van der Waals surface area (Å²) in [4.78, 5) is 2.36. The molecule has 5 aromatic rings. The molecule has 0 fully saturated rings. The van der Waals surface area contributed by atoms with E-state index in [9.17, 15) is 5.11 Å². The van der Waals surface area contributed by atoms with Gasteiger partial charge in [0.2, 0.25) is 5.69 Å². The Labute approximate surface area is 314 Å². The first kappa shape index (κ1) is 35.7. The third kappa shape index (κ3) is 6.25. The maximum absolute atomic E-state index is 10.2. The molecule has 0 saturated carbocycles. The second-order valence-electron chi connectivity index (χ2n) is 15.5. The molecule has 0 bridgehead atoms. The van der Waals surface area contributed by atoms with Crippen LogP contribution in [0, 0.1) is 6.92 Å². The molecule has 1 aliphatic carbocycles. The highest BCUT2D eigenvalue weighted by atomic mass is 35.5. The minimum atomic E-state index is -0.111. The highest BCUT2D eigenvalue weighted by Gasteiger charge is 2.44. The Hall–Kier alpha value is -4.70. The summed E-state index contributed by atoms with van der Waals surface area (Å²) in [6.07, 6.45) is 12.3. The van der Waals surface area contributed by atoms with Crippen LogP contribution >= 0.6 is 11.6 Å². The quantitative estimate of drug-likeness (QED) is 0.174. The van der Waals surface area contributed by atoms with Crippen molar-refractivity contribution in [2.45, 2.75) is 71.3 Å². The van der Waals surface area contributed by atoms with Gasteiger partial charge >= 0.3 is 0 Å². The molecular weight excluding hydrogens is 656 g/mol. The number of anilines is 1. The average Bonchev–Trinajstić information content (AvgIpc) is 3.47. The molecule has 0 unspecified atom stereocenters. The first-order valence-electron chi connectivity index (χ1n) is 18.4. The Balaban J connectivity index is 0.000000410. The van der Waals surface area contributed by atoms with E-state index in [4.69, 9.17) is 11.6 Å². The van der Waals surface area contributed by atoms with Crippen molar-refractivity contribution in [2.75, 3.05) is 19.0 Å². The van der Waals surface area contributed by atoms with Gasteiger partial charge in [-0.3, -0.25) is 0 Å². The molecular formula is C48H49ClN2O. The van der Waals surface area contributed by atoms with Gasteiger partial charge in [-0.1, -0.05) is 128 Å². The van der Waals surface area contributed by atoms with E-state index in [0.717, 1.165) is 29.9 Å². The summed E-state index contributed by atoms with van der Waals surface area (Å²) in [5.74, 6) is 0. The van der Waals surface area contributed by atoms with Gasteiger partial charge in [0.25, 0.3) is 0 Å². The highest BCUT2D eigenvalue weighted by Crippen LogP contribution is 2.50. The number of halogens is 1.